The predicted molar refractivity (Wildman–Crippen MR) is 140 cm³/mol. The Labute approximate surface area is 218 Å². The van der Waals surface area contributed by atoms with Gasteiger partial charge in [-0.3, -0.25) is 0 Å². The minimum atomic E-state index is -0.476. The Balaban J connectivity index is 1.55. The standard InChI is InChI=1S/C23H13Br3INO3/c24-16-3-1-2-13(8-16)12-30-21-18(25)9-14(10-19(21)26)11-20-23(29)31-22(28-20)15-4-6-17(27)7-5-15/h1-11H,12H2/b20-11-. The summed E-state index contributed by atoms with van der Waals surface area (Å²) in [5, 5.41) is 0. The van der Waals surface area contributed by atoms with Crippen LogP contribution in [-0.4, -0.2) is 11.9 Å². The first-order chi connectivity index (χ1) is 14.9. The van der Waals surface area contributed by atoms with Crippen molar-refractivity contribution in [1.82, 2.24) is 0 Å². The number of cyclic esters (lactones) is 1. The Bertz CT molecular complexity index is 1200. The van der Waals surface area contributed by atoms with E-state index < -0.39 is 5.97 Å². The maximum atomic E-state index is 12.3. The summed E-state index contributed by atoms with van der Waals surface area (Å²) in [6, 6.07) is 19.3. The highest BCUT2D eigenvalue weighted by molar-refractivity contribution is 14.1. The molecule has 0 spiro atoms. The van der Waals surface area contributed by atoms with Crippen molar-refractivity contribution in [1.29, 1.82) is 0 Å². The van der Waals surface area contributed by atoms with Crippen LogP contribution in [0.25, 0.3) is 6.08 Å². The van der Waals surface area contributed by atoms with Crippen LogP contribution < -0.4 is 4.74 Å². The van der Waals surface area contributed by atoms with Crippen LogP contribution >= 0.6 is 70.4 Å². The van der Waals surface area contributed by atoms with Gasteiger partial charge in [-0.25, -0.2) is 9.79 Å². The second-order valence-electron chi connectivity index (χ2n) is 6.58. The minimum absolute atomic E-state index is 0.246. The van der Waals surface area contributed by atoms with E-state index in [0.717, 1.165) is 33.7 Å². The molecule has 0 aliphatic carbocycles. The Kier molecular flexibility index (Phi) is 7.30. The molecule has 0 saturated carbocycles. The fourth-order valence-electron chi connectivity index (χ4n) is 2.87. The number of carbonyl (C=O) groups excluding carboxylic acids is 1. The van der Waals surface area contributed by atoms with Crippen molar-refractivity contribution in [3.63, 3.8) is 0 Å². The van der Waals surface area contributed by atoms with Crippen LogP contribution in [0.15, 0.2) is 84.8 Å². The van der Waals surface area contributed by atoms with Gasteiger partial charge in [0.25, 0.3) is 0 Å². The van der Waals surface area contributed by atoms with Gasteiger partial charge in [-0.1, -0.05) is 28.1 Å². The molecule has 1 aliphatic heterocycles. The molecule has 0 amide bonds. The molecule has 0 bridgehead atoms. The van der Waals surface area contributed by atoms with Crippen LogP contribution in [0.2, 0.25) is 0 Å². The normalized spacial score (nSPS) is 14.5. The van der Waals surface area contributed by atoms with Crippen LogP contribution in [0.3, 0.4) is 0 Å². The molecule has 3 aromatic carbocycles. The highest BCUT2D eigenvalue weighted by Gasteiger charge is 2.24. The lowest BCUT2D eigenvalue weighted by Gasteiger charge is -2.12. The molecule has 3 aromatic rings. The SMILES string of the molecule is O=C1OC(c2ccc(I)cc2)=N/C1=C\c1cc(Br)c(OCc2cccc(Br)c2)c(Br)c1. The molecule has 31 heavy (non-hydrogen) atoms. The topological polar surface area (TPSA) is 47.9 Å². The van der Waals surface area contributed by atoms with Crippen molar-refractivity contribution in [3.05, 3.63) is 100 Å². The zero-order valence-electron chi connectivity index (χ0n) is 15.7. The fourth-order valence-corrected chi connectivity index (χ4v) is 5.12. The van der Waals surface area contributed by atoms with Gasteiger partial charge in [-0.05, 0) is 120 Å². The van der Waals surface area contributed by atoms with Crippen LogP contribution in [0, 0.1) is 3.57 Å². The van der Waals surface area contributed by atoms with E-state index in [1.54, 1.807) is 6.08 Å². The summed E-state index contributed by atoms with van der Waals surface area (Å²) in [7, 11) is 0. The number of halogens is 4. The maximum Gasteiger partial charge on any atom is 0.363 e. The third-order valence-corrected chi connectivity index (χ3v) is 6.70. The molecule has 4 rings (SSSR count). The first kappa shape index (κ1) is 22.7. The highest BCUT2D eigenvalue weighted by atomic mass is 127. The molecule has 0 saturated heterocycles. The van der Waals surface area contributed by atoms with Gasteiger partial charge in [0, 0.05) is 13.6 Å². The molecule has 4 nitrogen and oxygen atoms in total. The van der Waals surface area contributed by atoms with E-state index >= 15 is 0 Å². The molecule has 8 heteroatoms. The van der Waals surface area contributed by atoms with Crippen LogP contribution in [-0.2, 0) is 16.1 Å². The number of rotatable bonds is 5. The lowest BCUT2D eigenvalue weighted by molar-refractivity contribution is -0.129. The maximum absolute atomic E-state index is 12.3. The zero-order chi connectivity index (χ0) is 22.0. The van der Waals surface area contributed by atoms with Crippen molar-refractivity contribution >= 4 is 88.3 Å². The van der Waals surface area contributed by atoms with Crippen molar-refractivity contribution in [2.75, 3.05) is 0 Å². The molecule has 0 unspecified atom stereocenters. The van der Waals surface area contributed by atoms with Crippen LogP contribution in [0.4, 0.5) is 0 Å². The molecule has 0 radical (unpaired) electrons. The number of hydrogen-bond donors (Lipinski definition) is 0. The van der Waals surface area contributed by atoms with Gasteiger partial charge in [0.2, 0.25) is 5.90 Å². The first-order valence-corrected chi connectivity index (χ1v) is 12.5. The summed E-state index contributed by atoms with van der Waals surface area (Å²) in [6.07, 6.45) is 1.69. The zero-order valence-corrected chi connectivity index (χ0v) is 22.7. The van der Waals surface area contributed by atoms with Gasteiger partial charge >= 0.3 is 5.97 Å². The second-order valence-corrected chi connectivity index (χ2v) is 10.4. The summed E-state index contributed by atoms with van der Waals surface area (Å²) in [6.45, 7) is 0.424. The average Bonchev–Trinajstić information content (AvgIpc) is 3.08. The Morgan fingerprint density at radius 3 is 2.39 bits per heavy atom. The second kappa shape index (κ2) is 9.97. The predicted octanol–water partition coefficient (Wildman–Crippen LogP) is 7.50. The molecular weight excluding hydrogens is 705 g/mol. The van der Waals surface area contributed by atoms with E-state index in [1.807, 2.05) is 60.7 Å². The number of carbonyl (C=O) groups is 1. The quantitative estimate of drug-likeness (QED) is 0.156. The van der Waals surface area contributed by atoms with Gasteiger partial charge < -0.3 is 9.47 Å². The monoisotopic (exact) mass is 715 g/mol. The molecule has 156 valence electrons. The van der Waals surface area contributed by atoms with Crippen molar-refractivity contribution in [3.8, 4) is 5.75 Å². The molecule has 1 heterocycles. The van der Waals surface area contributed by atoms with Gasteiger partial charge in [0.05, 0.1) is 8.95 Å². The third kappa shape index (κ3) is 5.66. The number of nitrogens with zero attached hydrogens (tertiary/aromatic N) is 1. The molecule has 0 N–H and O–H groups in total. The average molecular weight is 718 g/mol. The number of hydrogen-bond acceptors (Lipinski definition) is 4. The van der Waals surface area contributed by atoms with Crippen molar-refractivity contribution in [2.45, 2.75) is 6.61 Å². The van der Waals surface area contributed by atoms with E-state index in [1.165, 1.54) is 0 Å². The minimum Gasteiger partial charge on any atom is -0.487 e. The van der Waals surface area contributed by atoms with Gasteiger partial charge in [0.1, 0.15) is 12.4 Å². The molecule has 0 fully saturated rings. The van der Waals surface area contributed by atoms with E-state index in [2.05, 4.69) is 75.4 Å². The first-order valence-electron chi connectivity index (χ1n) is 9.04. The van der Waals surface area contributed by atoms with Crippen molar-refractivity contribution in [2.24, 2.45) is 4.99 Å². The largest absolute Gasteiger partial charge is 0.487 e. The van der Waals surface area contributed by atoms with Gasteiger partial charge in [-0.2, -0.15) is 0 Å². The summed E-state index contributed by atoms with van der Waals surface area (Å²) in [4.78, 5) is 16.7. The summed E-state index contributed by atoms with van der Waals surface area (Å²) in [5.74, 6) is 0.509. The molecule has 0 atom stereocenters. The van der Waals surface area contributed by atoms with Crippen molar-refractivity contribution < 1.29 is 14.3 Å². The van der Waals surface area contributed by atoms with E-state index in [4.69, 9.17) is 9.47 Å². The Morgan fingerprint density at radius 2 is 1.71 bits per heavy atom. The molecular formula is C23H13Br3INO3. The van der Waals surface area contributed by atoms with Crippen LogP contribution in [0.5, 0.6) is 5.75 Å². The fraction of sp³-hybridized carbons (Fsp3) is 0.0435. The number of benzene rings is 3. The Morgan fingerprint density at radius 1 is 1.00 bits per heavy atom. The van der Waals surface area contributed by atoms with Gasteiger partial charge in [-0.15, -0.1) is 0 Å². The Hall–Kier alpha value is -1.49. The summed E-state index contributed by atoms with van der Waals surface area (Å²) >= 11 is 12.8. The number of aliphatic imine (C=N–C) groups is 1. The number of esters is 1. The van der Waals surface area contributed by atoms with E-state index in [9.17, 15) is 4.79 Å². The van der Waals surface area contributed by atoms with Gasteiger partial charge in [0.15, 0.2) is 5.70 Å². The van der Waals surface area contributed by atoms with Crippen LogP contribution in [0.1, 0.15) is 16.7 Å². The number of ether oxygens (including phenoxy) is 2. The lowest BCUT2D eigenvalue weighted by atomic mass is 10.2. The highest BCUT2D eigenvalue weighted by Crippen LogP contribution is 2.36. The summed E-state index contributed by atoms with van der Waals surface area (Å²) in [5.41, 5.74) is 2.84. The van der Waals surface area contributed by atoms with E-state index in [0.29, 0.717) is 18.3 Å². The molecule has 1 aliphatic rings. The van der Waals surface area contributed by atoms with E-state index in [-0.39, 0.29) is 5.70 Å². The third-order valence-electron chi connectivity index (χ3n) is 4.31. The smallest absolute Gasteiger partial charge is 0.363 e. The molecule has 0 aromatic heterocycles. The lowest BCUT2D eigenvalue weighted by Crippen LogP contribution is -2.05. The summed E-state index contributed by atoms with van der Waals surface area (Å²) < 4.78 is 14.9.